The van der Waals surface area contributed by atoms with Crippen LogP contribution in [0.4, 0.5) is 11.4 Å². The Labute approximate surface area is 484 Å². The molecular formula is C71H58N6O7. The normalized spacial score (nSPS) is 10.6. The SMILES string of the molecule is CC(=O)Nc1ccc(C(=O)c2cccc(C(=O)c3ccc(N)cc3)c2)cc1.CC=O.Cc1ccccc1-c1ccccc1C.NNC(=O)c1cc(C(=O)n2c3ccccc3c3ccccc32)cc(C(=O)n2c3ccccc3c3ccccc32)c1. The van der Waals surface area contributed by atoms with Crippen LogP contribution in [-0.2, 0) is 9.59 Å². The number of carbonyl (C=O) groups is 7. The van der Waals surface area contributed by atoms with Gasteiger partial charge in [-0.1, -0.05) is 140 Å². The van der Waals surface area contributed by atoms with Crippen LogP contribution in [0.25, 0.3) is 54.7 Å². The van der Waals surface area contributed by atoms with E-state index in [1.54, 1.807) is 88.0 Å². The summed E-state index contributed by atoms with van der Waals surface area (Å²) in [5.41, 5.74) is 19.6. The van der Waals surface area contributed by atoms with Crippen molar-refractivity contribution in [1.29, 1.82) is 0 Å². The third-order valence-corrected chi connectivity index (χ3v) is 14.0. The summed E-state index contributed by atoms with van der Waals surface area (Å²) in [5.74, 6) is 3.59. The molecule has 84 heavy (non-hydrogen) atoms. The van der Waals surface area contributed by atoms with Crippen LogP contribution in [-0.4, -0.2) is 50.6 Å². The van der Waals surface area contributed by atoms with Gasteiger partial charge in [0, 0.05) is 78.8 Å². The number of nitrogens with one attached hydrogen (secondary N) is 2. The Morgan fingerprint density at radius 2 is 0.738 bits per heavy atom. The number of nitrogens with zero attached hydrogens (tertiary/aromatic N) is 2. The number of hydrazine groups is 1. The van der Waals surface area contributed by atoms with Gasteiger partial charge < -0.3 is 15.8 Å². The number of nitrogen functional groups attached to an aromatic ring is 2. The van der Waals surface area contributed by atoms with E-state index < -0.39 is 5.91 Å². The van der Waals surface area contributed by atoms with E-state index in [2.05, 4.69) is 73.1 Å². The number of nitrogens with two attached hydrogens (primary N) is 2. The molecule has 13 heteroatoms. The number of ketones is 2. The van der Waals surface area contributed by atoms with Crippen LogP contribution in [0.5, 0.6) is 0 Å². The Hall–Kier alpha value is -11.2. The van der Waals surface area contributed by atoms with Crippen LogP contribution in [0.2, 0.25) is 0 Å². The summed E-state index contributed by atoms with van der Waals surface area (Å²) in [7, 11) is 0. The fourth-order valence-electron chi connectivity index (χ4n) is 10.1. The summed E-state index contributed by atoms with van der Waals surface area (Å²) in [5, 5.41) is 6.39. The first kappa shape index (κ1) is 57.5. The fourth-order valence-corrected chi connectivity index (χ4v) is 10.1. The topological polar surface area (TPSA) is 205 Å². The minimum absolute atomic E-state index is 0.109. The molecule has 414 valence electrons. The number of fused-ring (bicyclic) bond motifs is 6. The van der Waals surface area contributed by atoms with Gasteiger partial charge >= 0.3 is 0 Å². The second-order valence-corrected chi connectivity index (χ2v) is 19.6. The van der Waals surface area contributed by atoms with E-state index in [-0.39, 0.29) is 46.0 Å². The number of aldehydes is 1. The Balaban J connectivity index is 0.000000165. The Bertz CT molecular complexity index is 4190. The van der Waals surface area contributed by atoms with Gasteiger partial charge in [-0.2, -0.15) is 0 Å². The standard InChI is InChI=1S/C33H22N4O3.C22H18N2O3.C14H14.C2H4O/c34-35-31(38)20-17-21(32(39)36-27-13-5-1-9-23(27)24-10-2-6-14-28(24)36)19-22(18-20)33(40)37-29-15-7-3-11-25(29)26-12-4-8-16-30(26)37;1-14(25)24-20-11-7-16(8-12-20)22(27)18-4-2-3-17(13-18)21(26)15-5-9-19(23)10-6-15;1-11-7-3-5-9-13(11)14-10-6-4-8-12(14)2;1-2-3/h1-19H,34H2,(H,35,38);2-13H,23H2,1H3,(H,24,25);3-10H,1-2H3;2H,1H3. The maximum Gasteiger partial charge on any atom is 0.265 e. The molecule has 2 heterocycles. The molecule has 0 atom stereocenters. The number of hydrogen-bond donors (Lipinski definition) is 4. The van der Waals surface area contributed by atoms with Gasteiger partial charge in [-0.05, 0) is 140 Å². The van der Waals surface area contributed by atoms with E-state index in [0.717, 1.165) is 49.9 Å². The molecule has 0 spiro atoms. The van der Waals surface area contributed by atoms with Crippen molar-refractivity contribution in [3.8, 4) is 11.1 Å². The lowest BCUT2D eigenvalue weighted by Crippen LogP contribution is -2.30. The molecular weight excluding hydrogens is 1050 g/mol. The van der Waals surface area contributed by atoms with Crippen LogP contribution in [0.15, 0.2) is 237 Å². The van der Waals surface area contributed by atoms with E-state index >= 15 is 0 Å². The quantitative estimate of drug-likeness (QED) is 0.0271. The number of benzene rings is 10. The van der Waals surface area contributed by atoms with Crippen molar-refractivity contribution in [2.24, 2.45) is 5.84 Å². The van der Waals surface area contributed by atoms with Crippen molar-refractivity contribution < 1.29 is 33.6 Å². The molecule has 12 aromatic rings. The molecule has 2 aromatic heterocycles. The average molecular weight is 1110 g/mol. The first-order valence-electron chi connectivity index (χ1n) is 26.9. The Morgan fingerprint density at radius 3 is 1.11 bits per heavy atom. The Kier molecular flexibility index (Phi) is 17.8. The van der Waals surface area contributed by atoms with Crippen LogP contribution in [0.1, 0.15) is 87.9 Å². The van der Waals surface area contributed by atoms with Crippen LogP contribution in [0, 0.1) is 13.8 Å². The molecule has 0 saturated heterocycles. The van der Waals surface area contributed by atoms with E-state index in [9.17, 15) is 28.8 Å². The summed E-state index contributed by atoms with van der Waals surface area (Å²) in [6, 6.07) is 72.0. The fraction of sp³-hybridized carbons (Fsp3) is 0.0563. The average Bonchev–Trinajstić information content (AvgIpc) is 2.59. The Morgan fingerprint density at radius 1 is 0.405 bits per heavy atom. The van der Waals surface area contributed by atoms with Crippen molar-refractivity contribution in [3.63, 3.8) is 0 Å². The number of anilines is 2. The van der Waals surface area contributed by atoms with E-state index in [1.807, 2.05) is 97.1 Å². The third-order valence-electron chi connectivity index (χ3n) is 14.0. The maximum absolute atomic E-state index is 14.2. The summed E-state index contributed by atoms with van der Waals surface area (Å²) in [4.78, 5) is 86.3. The molecule has 0 aliphatic rings. The van der Waals surface area contributed by atoms with Crippen LogP contribution >= 0.6 is 0 Å². The summed E-state index contributed by atoms with van der Waals surface area (Å²) < 4.78 is 3.25. The molecule has 13 nitrogen and oxygen atoms in total. The highest BCUT2D eigenvalue weighted by atomic mass is 16.2. The maximum atomic E-state index is 14.2. The van der Waals surface area contributed by atoms with Crippen molar-refractivity contribution in [2.75, 3.05) is 11.1 Å². The monoisotopic (exact) mass is 1110 g/mol. The molecule has 0 aliphatic carbocycles. The van der Waals surface area contributed by atoms with Gasteiger partial charge in [-0.15, -0.1) is 0 Å². The van der Waals surface area contributed by atoms with Gasteiger partial charge in [0.05, 0.1) is 22.1 Å². The zero-order valence-electron chi connectivity index (χ0n) is 46.5. The van der Waals surface area contributed by atoms with E-state index in [0.29, 0.717) is 33.6 Å². The number of para-hydroxylation sites is 4. The predicted molar refractivity (Wildman–Crippen MR) is 334 cm³/mol. The first-order chi connectivity index (χ1) is 40.7. The molecule has 0 aliphatic heterocycles. The van der Waals surface area contributed by atoms with Gasteiger partial charge in [0.25, 0.3) is 17.7 Å². The highest BCUT2D eigenvalue weighted by Gasteiger charge is 2.24. The predicted octanol–water partition coefficient (Wildman–Crippen LogP) is 13.7. The number of rotatable bonds is 9. The van der Waals surface area contributed by atoms with Crippen LogP contribution in [0.3, 0.4) is 0 Å². The molecule has 2 amide bonds. The zero-order chi connectivity index (χ0) is 59.4. The zero-order valence-corrected chi connectivity index (χ0v) is 46.5. The number of aryl methyl sites for hydroxylation is 2. The number of amides is 2. The van der Waals surface area contributed by atoms with Gasteiger partial charge in [-0.3, -0.25) is 43.3 Å². The molecule has 0 unspecified atom stereocenters. The summed E-state index contributed by atoms with van der Waals surface area (Å²) in [6.45, 7) is 7.17. The van der Waals surface area contributed by atoms with Crippen molar-refractivity contribution in [1.82, 2.24) is 14.6 Å². The first-order valence-corrected chi connectivity index (χ1v) is 26.9. The van der Waals surface area contributed by atoms with Crippen molar-refractivity contribution in [3.05, 3.63) is 287 Å². The second kappa shape index (κ2) is 26.0. The number of carbonyl (C=O) groups excluding carboxylic acids is 7. The van der Waals surface area contributed by atoms with Gasteiger partial charge in [0.15, 0.2) is 11.6 Å². The molecule has 10 aromatic carbocycles. The van der Waals surface area contributed by atoms with Gasteiger partial charge in [-0.25, -0.2) is 5.84 Å². The smallest absolute Gasteiger partial charge is 0.265 e. The molecule has 6 N–H and O–H groups in total. The van der Waals surface area contributed by atoms with Gasteiger partial charge in [0.2, 0.25) is 5.91 Å². The largest absolute Gasteiger partial charge is 0.399 e. The second-order valence-electron chi connectivity index (χ2n) is 19.6. The van der Waals surface area contributed by atoms with Crippen LogP contribution < -0.4 is 22.3 Å². The molecule has 0 bridgehead atoms. The van der Waals surface area contributed by atoms with E-state index in [1.165, 1.54) is 48.2 Å². The number of aromatic nitrogens is 2. The molecule has 0 fully saturated rings. The molecule has 12 rings (SSSR count). The lowest BCUT2D eigenvalue weighted by molar-refractivity contribution is -0.114. The summed E-state index contributed by atoms with van der Waals surface area (Å²) >= 11 is 0. The minimum Gasteiger partial charge on any atom is -0.399 e. The minimum atomic E-state index is -0.604. The number of hydrogen-bond acceptors (Lipinski definition) is 9. The van der Waals surface area contributed by atoms with Gasteiger partial charge in [0.1, 0.15) is 6.29 Å². The van der Waals surface area contributed by atoms with Crippen molar-refractivity contribution >= 4 is 96.5 Å². The lowest BCUT2D eigenvalue weighted by Gasteiger charge is -2.12. The highest BCUT2D eigenvalue weighted by molar-refractivity contribution is 6.19. The summed E-state index contributed by atoms with van der Waals surface area (Å²) in [6.07, 6.45) is 0.750. The third kappa shape index (κ3) is 12.4. The highest BCUT2D eigenvalue weighted by Crippen LogP contribution is 2.33. The molecule has 0 radical (unpaired) electrons. The van der Waals surface area contributed by atoms with E-state index in [4.69, 9.17) is 16.4 Å². The van der Waals surface area contributed by atoms with Crippen molar-refractivity contribution in [2.45, 2.75) is 27.7 Å². The lowest BCUT2D eigenvalue weighted by atomic mass is 9.97. The molecule has 0 saturated carbocycles.